The van der Waals surface area contributed by atoms with Gasteiger partial charge in [-0.1, -0.05) is 12.2 Å². The van der Waals surface area contributed by atoms with Crippen LogP contribution < -0.4 is 4.74 Å². The second-order valence-electron chi connectivity index (χ2n) is 3.14. The fraction of sp³-hybridized carbons (Fsp3) is 0.250. The number of halogens is 2. The van der Waals surface area contributed by atoms with Crippen LogP contribution in [0.4, 0.5) is 0 Å². The van der Waals surface area contributed by atoms with Crippen molar-refractivity contribution in [1.82, 2.24) is 0 Å². The van der Waals surface area contributed by atoms with Crippen molar-refractivity contribution in [3.63, 3.8) is 0 Å². The van der Waals surface area contributed by atoms with Crippen LogP contribution in [0.15, 0.2) is 24.3 Å². The van der Waals surface area contributed by atoms with Gasteiger partial charge in [0.2, 0.25) is 0 Å². The van der Waals surface area contributed by atoms with Crippen LogP contribution in [0, 0.1) is 7.14 Å². The third kappa shape index (κ3) is 4.13. The van der Waals surface area contributed by atoms with Crippen LogP contribution in [-0.4, -0.2) is 19.7 Å². The summed E-state index contributed by atoms with van der Waals surface area (Å²) in [6.45, 7) is 2.47. The molecule has 0 atom stereocenters. The van der Waals surface area contributed by atoms with E-state index in [4.69, 9.17) is 4.74 Å². The van der Waals surface area contributed by atoms with Crippen LogP contribution >= 0.6 is 45.2 Å². The molecule has 0 saturated heterocycles. The quantitative estimate of drug-likeness (QED) is 0.393. The van der Waals surface area contributed by atoms with Gasteiger partial charge in [-0.25, -0.2) is 4.79 Å². The molecule has 17 heavy (non-hydrogen) atoms. The SMILES string of the molecule is C/C=C/COc1c(I)cc(C(=O)OC)cc1I. The average molecular weight is 458 g/mol. The molecule has 0 bridgehead atoms. The van der Waals surface area contributed by atoms with E-state index in [9.17, 15) is 4.79 Å². The minimum Gasteiger partial charge on any atom is -0.487 e. The lowest BCUT2D eigenvalue weighted by Gasteiger charge is -2.10. The van der Waals surface area contributed by atoms with Crippen LogP contribution in [-0.2, 0) is 4.74 Å². The van der Waals surface area contributed by atoms with E-state index in [1.54, 1.807) is 12.1 Å². The molecular formula is C12H12I2O3. The van der Waals surface area contributed by atoms with E-state index >= 15 is 0 Å². The summed E-state index contributed by atoms with van der Waals surface area (Å²) in [5, 5.41) is 0. The van der Waals surface area contributed by atoms with Crippen molar-refractivity contribution in [3.8, 4) is 5.75 Å². The largest absolute Gasteiger partial charge is 0.487 e. The number of rotatable bonds is 4. The summed E-state index contributed by atoms with van der Waals surface area (Å²) in [6.07, 6.45) is 3.86. The van der Waals surface area contributed by atoms with E-state index < -0.39 is 0 Å². The lowest BCUT2D eigenvalue weighted by molar-refractivity contribution is 0.0600. The molecule has 92 valence electrons. The van der Waals surface area contributed by atoms with Gasteiger partial charge in [0.15, 0.2) is 0 Å². The lowest BCUT2D eigenvalue weighted by Crippen LogP contribution is -2.04. The molecule has 0 aromatic heterocycles. The average Bonchev–Trinajstić information content (AvgIpc) is 2.31. The van der Waals surface area contributed by atoms with Gasteiger partial charge in [0.25, 0.3) is 0 Å². The van der Waals surface area contributed by atoms with Gasteiger partial charge in [-0.15, -0.1) is 0 Å². The highest BCUT2D eigenvalue weighted by Gasteiger charge is 2.13. The summed E-state index contributed by atoms with van der Waals surface area (Å²) < 4.78 is 12.1. The zero-order valence-electron chi connectivity index (χ0n) is 9.50. The second kappa shape index (κ2) is 7.20. The van der Waals surface area contributed by atoms with E-state index in [0.29, 0.717) is 12.2 Å². The Morgan fingerprint density at radius 3 is 2.41 bits per heavy atom. The Balaban J connectivity index is 2.98. The van der Waals surface area contributed by atoms with E-state index in [-0.39, 0.29) is 5.97 Å². The number of carbonyl (C=O) groups is 1. The number of esters is 1. The van der Waals surface area contributed by atoms with Crippen LogP contribution in [0.1, 0.15) is 17.3 Å². The van der Waals surface area contributed by atoms with Crippen molar-refractivity contribution in [3.05, 3.63) is 37.0 Å². The molecule has 1 rings (SSSR count). The van der Waals surface area contributed by atoms with Gasteiger partial charge < -0.3 is 9.47 Å². The first kappa shape index (κ1) is 14.7. The normalized spacial score (nSPS) is 10.6. The Bertz CT molecular complexity index is 418. The van der Waals surface area contributed by atoms with Crippen LogP contribution in [0.25, 0.3) is 0 Å². The molecule has 0 aliphatic carbocycles. The molecule has 0 amide bonds. The zero-order chi connectivity index (χ0) is 12.8. The van der Waals surface area contributed by atoms with E-state index in [1.165, 1.54) is 7.11 Å². The minimum atomic E-state index is -0.333. The highest BCUT2D eigenvalue weighted by molar-refractivity contribution is 14.1. The van der Waals surface area contributed by atoms with Gasteiger partial charge in [0.05, 0.1) is 19.8 Å². The first-order valence-electron chi connectivity index (χ1n) is 4.91. The van der Waals surface area contributed by atoms with Crippen molar-refractivity contribution in [2.45, 2.75) is 6.92 Å². The monoisotopic (exact) mass is 458 g/mol. The van der Waals surface area contributed by atoms with E-state index in [0.717, 1.165) is 12.9 Å². The maximum atomic E-state index is 11.4. The molecule has 1 aromatic carbocycles. The first-order chi connectivity index (χ1) is 8.10. The van der Waals surface area contributed by atoms with Gasteiger partial charge in [-0.3, -0.25) is 0 Å². The molecular weight excluding hydrogens is 446 g/mol. The number of allylic oxidation sites excluding steroid dienone is 1. The second-order valence-corrected chi connectivity index (χ2v) is 5.47. The number of hydrogen-bond donors (Lipinski definition) is 0. The Labute approximate surface area is 128 Å². The van der Waals surface area contributed by atoms with Crippen molar-refractivity contribution in [2.75, 3.05) is 13.7 Å². The van der Waals surface area contributed by atoms with Gasteiger partial charge in [0, 0.05) is 0 Å². The summed E-state index contributed by atoms with van der Waals surface area (Å²) in [4.78, 5) is 11.4. The molecule has 0 aliphatic heterocycles. The van der Waals surface area contributed by atoms with Crippen molar-refractivity contribution in [2.24, 2.45) is 0 Å². The maximum Gasteiger partial charge on any atom is 0.337 e. The number of carbonyl (C=O) groups excluding carboxylic acids is 1. The third-order valence-corrected chi connectivity index (χ3v) is 3.58. The maximum absolute atomic E-state index is 11.4. The van der Waals surface area contributed by atoms with Gasteiger partial charge >= 0.3 is 5.97 Å². The summed E-state index contributed by atoms with van der Waals surface area (Å²) in [5.74, 6) is 0.470. The van der Waals surface area contributed by atoms with Crippen LogP contribution in [0.2, 0.25) is 0 Å². The molecule has 0 saturated carbocycles. The predicted molar refractivity (Wildman–Crippen MR) is 83.5 cm³/mol. The van der Waals surface area contributed by atoms with E-state index in [2.05, 4.69) is 49.9 Å². The molecule has 0 unspecified atom stereocenters. The van der Waals surface area contributed by atoms with Gasteiger partial charge in [-0.05, 0) is 64.2 Å². The Morgan fingerprint density at radius 1 is 1.35 bits per heavy atom. The Morgan fingerprint density at radius 2 is 1.94 bits per heavy atom. The molecule has 0 radical (unpaired) electrons. The van der Waals surface area contributed by atoms with Crippen molar-refractivity contribution in [1.29, 1.82) is 0 Å². The molecule has 0 N–H and O–H groups in total. The number of methoxy groups -OCH3 is 1. The topological polar surface area (TPSA) is 35.5 Å². The highest BCUT2D eigenvalue weighted by Crippen LogP contribution is 2.29. The fourth-order valence-corrected chi connectivity index (χ4v) is 3.24. The molecule has 5 heteroatoms. The zero-order valence-corrected chi connectivity index (χ0v) is 13.8. The summed E-state index contributed by atoms with van der Waals surface area (Å²) in [7, 11) is 1.37. The summed E-state index contributed by atoms with van der Waals surface area (Å²) >= 11 is 4.30. The number of hydrogen-bond acceptors (Lipinski definition) is 3. The Hall–Kier alpha value is -0.310. The number of ether oxygens (including phenoxy) is 2. The molecule has 1 aromatic rings. The Kier molecular flexibility index (Phi) is 6.24. The molecule has 0 aliphatic rings. The smallest absolute Gasteiger partial charge is 0.337 e. The summed E-state index contributed by atoms with van der Waals surface area (Å²) in [5.41, 5.74) is 0.541. The van der Waals surface area contributed by atoms with Gasteiger partial charge in [-0.2, -0.15) is 0 Å². The summed E-state index contributed by atoms with van der Waals surface area (Å²) in [6, 6.07) is 3.53. The van der Waals surface area contributed by atoms with Gasteiger partial charge in [0.1, 0.15) is 12.4 Å². The minimum absolute atomic E-state index is 0.333. The van der Waals surface area contributed by atoms with Crippen LogP contribution in [0.3, 0.4) is 0 Å². The number of benzene rings is 1. The van der Waals surface area contributed by atoms with Crippen molar-refractivity contribution < 1.29 is 14.3 Å². The predicted octanol–water partition coefficient (Wildman–Crippen LogP) is 3.64. The molecule has 0 fully saturated rings. The lowest BCUT2D eigenvalue weighted by atomic mass is 10.2. The third-order valence-electron chi connectivity index (χ3n) is 1.98. The molecule has 0 spiro atoms. The molecule has 0 heterocycles. The molecule has 3 nitrogen and oxygen atoms in total. The van der Waals surface area contributed by atoms with Crippen LogP contribution in [0.5, 0.6) is 5.75 Å². The standard InChI is InChI=1S/C12H12I2O3/c1-3-4-5-17-11-9(13)6-8(7-10(11)14)12(15)16-2/h3-4,6-7H,5H2,1-2H3/b4-3+. The van der Waals surface area contributed by atoms with E-state index in [1.807, 2.05) is 19.1 Å². The highest BCUT2D eigenvalue weighted by atomic mass is 127. The van der Waals surface area contributed by atoms with Crippen molar-refractivity contribution >= 4 is 51.2 Å². The fourth-order valence-electron chi connectivity index (χ4n) is 1.16. The first-order valence-corrected chi connectivity index (χ1v) is 7.07.